The van der Waals surface area contributed by atoms with Gasteiger partial charge in [0.1, 0.15) is 5.82 Å². The van der Waals surface area contributed by atoms with Crippen molar-refractivity contribution in [1.82, 2.24) is 9.55 Å². The summed E-state index contributed by atoms with van der Waals surface area (Å²) >= 11 is 12.5. The molecule has 0 bridgehead atoms. The Labute approximate surface area is 130 Å². The summed E-state index contributed by atoms with van der Waals surface area (Å²) in [6, 6.07) is 6.41. The van der Waals surface area contributed by atoms with Crippen LogP contribution < -0.4 is 0 Å². The molecule has 4 heteroatoms. The molecule has 0 unspecified atom stereocenters. The van der Waals surface area contributed by atoms with Crippen LogP contribution in [0.25, 0.3) is 11.0 Å². The molecule has 1 saturated carbocycles. The van der Waals surface area contributed by atoms with Gasteiger partial charge in [-0.25, -0.2) is 4.98 Å². The highest BCUT2D eigenvalue weighted by Crippen LogP contribution is 2.38. The van der Waals surface area contributed by atoms with Crippen LogP contribution in [0, 0.1) is 5.92 Å². The lowest BCUT2D eigenvalue weighted by molar-refractivity contribution is 0.270. The highest BCUT2D eigenvalue weighted by molar-refractivity contribution is 6.35. The van der Waals surface area contributed by atoms with Crippen LogP contribution in [0.4, 0.5) is 0 Å². The maximum atomic E-state index is 6.40. The van der Waals surface area contributed by atoms with Crippen molar-refractivity contribution in [2.45, 2.75) is 50.9 Å². The molecule has 0 saturated heterocycles. The fraction of sp³-hybridized carbons (Fsp3) is 0.562. The van der Waals surface area contributed by atoms with Crippen molar-refractivity contribution in [3.63, 3.8) is 0 Å². The van der Waals surface area contributed by atoms with E-state index < -0.39 is 0 Å². The predicted octanol–water partition coefficient (Wildman–Crippen LogP) is 5.57. The molecule has 1 aromatic carbocycles. The Hall–Kier alpha value is -0.730. The number of hydrogen-bond donors (Lipinski definition) is 0. The van der Waals surface area contributed by atoms with Crippen molar-refractivity contribution in [3.05, 3.63) is 29.0 Å². The van der Waals surface area contributed by atoms with E-state index in [0.717, 1.165) is 27.8 Å². The zero-order chi connectivity index (χ0) is 14.1. The second-order valence-corrected chi connectivity index (χ2v) is 6.40. The normalized spacial score (nSPS) is 23.4. The average Bonchev–Trinajstić information content (AvgIpc) is 2.87. The standard InChI is InChI=1S/C16H20Cl2N2/c1-2-11-6-8-12(9-7-11)20-15(10-17)19-14-5-3-4-13(18)16(14)20/h3-5,11-12H,2,6-10H2,1H3. The van der Waals surface area contributed by atoms with E-state index in [1.54, 1.807) is 0 Å². The summed E-state index contributed by atoms with van der Waals surface area (Å²) in [5, 5.41) is 0.781. The predicted molar refractivity (Wildman–Crippen MR) is 85.6 cm³/mol. The fourth-order valence-corrected chi connectivity index (χ4v) is 3.90. The van der Waals surface area contributed by atoms with Crippen LogP contribution in [-0.2, 0) is 5.88 Å². The van der Waals surface area contributed by atoms with E-state index >= 15 is 0 Å². The molecule has 1 heterocycles. The third-order valence-corrected chi connectivity index (χ3v) is 5.16. The summed E-state index contributed by atoms with van der Waals surface area (Å²) in [6.45, 7) is 2.29. The van der Waals surface area contributed by atoms with Gasteiger partial charge in [-0.2, -0.15) is 0 Å². The molecule has 0 N–H and O–H groups in total. The first-order valence-electron chi connectivity index (χ1n) is 7.45. The number of rotatable bonds is 3. The second-order valence-electron chi connectivity index (χ2n) is 5.72. The van der Waals surface area contributed by atoms with Crippen LogP contribution in [0.3, 0.4) is 0 Å². The summed E-state index contributed by atoms with van der Waals surface area (Å²) in [5.74, 6) is 2.28. The number of alkyl halides is 1. The summed E-state index contributed by atoms with van der Waals surface area (Å²) < 4.78 is 2.30. The Bertz CT molecular complexity index is 598. The van der Waals surface area contributed by atoms with E-state index in [1.807, 2.05) is 18.2 Å². The van der Waals surface area contributed by atoms with Crippen molar-refractivity contribution in [3.8, 4) is 0 Å². The van der Waals surface area contributed by atoms with Gasteiger partial charge >= 0.3 is 0 Å². The molecule has 108 valence electrons. The maximum absolute atomic E-state index is 6.40. The smallest absolute Gasteiger partial charge is 0.125 e. The Balaban J connectivity index is 2.02. The summed E-state index contributed by atoms with van der Waals surface area (Å²) in [5.41, 5.74) is 2.02. The number of nitrogens with zero attached hydrogens (tertiary/aromatic N) is 2. The summed E-state index contributed by atoms with van der Waals surface area (Å²) in [4.78, 5) is 4.65. The first kappa shape index (κ1) is 14.2. The number of hydrogen-bond acceptors (Lipinski definition) is 1. The largest absolute Gasteiger partial charge is 0.323 e. The van der Waals surface area contributed by atoms with Crippen LogP contribution in [0.15, 0.2) is 18.2 Å². The minimum absolute atomic E-state index is 0.443. The molecule has 0 aliphatic heterocycles. The van der Waals surface area contributed by atoms with Crippen LogP contribution in [0.1, 0.15) is 50.9 Å². The average molecular weight is 311 g/mol. The molecule has 2 aromatic rings. The highest BCUT2D eigenvalue weighted by Gasteiger charge is 2.25. The zero-order valence-electron chi connectivity index (χ0n) is 11.8. The van der Waals surface area contributed by atoms with Crippen molar-refractivity contribution >= 4 is 34.2 Å². The molecule has 2 nitrogen and oxygen atoms in total. The van der Waals surface area contributed by atoms with Gasteiger partial charge < -0.3 is 4.57 Å². The van der Waals surface area contributed by atoms with Gasteiger partial charge in [-0.3, -0.25) is 0 Å². The fourth-order valence-electron chi connectivity index (χ4n) is 3.45. The van der Waals surface area contributed by atoms with Gasteiger partial charge in [-0.1, -0.05) is 31.0 Å². The van der Waals surface area contributed by atoms with Gasteiger partial charge in [0.05, 0.1) is 21.9 Å². The summed E-state index contributed by atoms with van der Waals surface area (Å²) in [7, 11) is 0. The van der Waals surface area contributed by atoms with E-state index in [-0.39, 0.29) is 0 Å². The minimum atomic E-state index is 0.443. The zero-order valence-corrected chi connectivity index (χ0v) is 13.3. The molecule has 20 heavy (non-hydrogen) atoms. The third-order valence-electron chi connectivity index (χ3n) is 4.61. The highest BCUT2D eigenvalue weighted by atomic mass is 35.5. The molecule has 1 aliphatic carbocycles. The monoisotopic (exact) mass is 310 g/mol. The Morgan fingerprint density at radius 3 is 2.65 bits per heavy atom. The number of benzene rings is 1. The number of imidazole rings is 1. The quantitative estimate of drug-likeness (QED) is 0.678. The van der Waals surface area contributed by atoms with Crippen molar-refractivity contribution in [2.75, 3.05) is 0 Å². The Kier molecular flexibility index (Phi) is 4.23. The topological polar surface area (TPSA) is 17.8 Å². The molecular weight excluding hydrogens is 291 g/mol. The SMILES string of the molecule is CCC1CCC(n2c(CCl)nc3cccc(Cl)c32)CC1. The van der Waals surface area contributed by atoms with Crippen molar-refractivity contribution < 1.29 is 0 Å². The molecule has 3 rings (SSSR count). The van der Waals surface area contributed by atoms with E-state index in [1.165, 1.54) is 32.1 Å². The molecule has 1 aromatic heterocycles. The first-order chi connectivity index (χ1) is 9.74. The maximum Gasteiger partial charge on any atom is 0.125 e. The van der Waals surface area contributed by atoms with Gasteiger partial charge in [-0.15, -0.1) is 11.6 Å². The Morgan fingerprint density at radius 2 is 2.00 bits per heavy atom. The van der Waals surface area contributed by atoms with Gasteiger partial charge in [0.25, 0.3) is 0 Å². The molecule has 0 spiro atoms. The van der Waals surface area contributed by atoms with Crippen molar-refractivity contribution in [1.29, 1.82) is 0 Å². The minimum Gasteiger partial charge on any atom is -0.323 e. The molecule has 0 atom stereocenters. The molecule has 0 amide bonds. The molecule has 1 aliphatic rings. The molecule has 1 fully saturated rings. The van der Waals surface area contributed by atoms with Gasteiger partial charge in [0, 0.05) is 6.04 Å². The Morgan fingerprint density at radius 1 is 1.25 bits per heavy atom. The molecule has 0 radical (unpaired) electrons. The van der Waals surface area contributed by atoms with E-state index in [2.05, 4.69) is 16.5 Å². The van der Waals surface area contributed by atoms with Gasteiger partial charge in [0.15, 0.2) is 0 Å². The first-order valence-corrected chi connectivity index (χ1v) is 8.37. The lowest BCUT2D eigenvalue weighted by Gasteiger charge is -2.30. The number of halogens is 2. The van der Waals surface area contributed by atoms with Crippen LogP contribution >= 0.6 is 23.2 Å². The van der Waals surface area contributed by atoms with E-state index in [9.17, 15) is 0 Å². The lowest BCUT2D eigenvalue weighted by Crippen LogP contribution is -2.19. The lowest BCUT2D eigenvalue weighted by atomic mass is 9.84. The number of fused-ring (bicyclic) bond motifs is 1. The van der Waals surface area contributed by atoms with Crippen LogP contribution in [0.2, 0.25) is 5.02 Å². The van der Waals surface area contributed by atoms with Crippen LogP contribution in [-0.4, -0.2) is 9.55 Å². The molecular formula is C16H20Cl2N2. The van der Waals surface area contributed by atoms with Gasteiger partial charge in [-0.05, 0) is 43.7 Å². The summed E-state index contributed by atoms with van der Waals surface area (Å²) in [6.07, 6.45) is 6.30. The van der Waals surface area contributed by atoms with Crippen molar-refractivity contribution in [2.24, 2.45) is 5.92 Å². The van der Waals surface area contributed by atoms with E-state index in [0.29, 0.717) is 11.9 Å². The van der Waals surface area contributed by atoms with E-state index in [4.69, 9.17) is 23.2 Å². The third kappa shape index (κ3) is 2.44. The van der Waals surface area contributed by atoms with Gasteiger partial charge in [0.2, 0.25) is 0 Å². The number of para-hydroxylation sites is 1. The second kappa shape index (κ2) is 5.95. The number of aromatic nitrogens is 2. The van der Waals surface area contributed by atoms with Crippen LogP contribution in [0.5, 0.6) is 0 Å².